The van der Waals surface area contributed by atoms with E-state index >= 15 is 0 Å². The average Bonchev–Trinajstić information content (AvgIpc) is 2.03. The molecule has 0 amide bonds. The van der Waals surface area contributed by atoms with Crippen molar-refractivity contribution in [2.24, 2.45) is 0 Å². The zero-order chi connectivity index (χ0) is 11.2. The third kappa shape index (κ3) is 8.89. The molecule has 0 aliphatic heterocycles. The molecule has 0 bridgehead atoms. The molecule has 0 radical (unpaired) electrons. The van der Waals surface area contributed by atoms with Crippen LogP contribution < -0.4 is 24.4 Å². The first kappa shape index (κ1) is 12.8. The molecule has 1 rings (SSSR count). The summed E-state index contributed by atoms with van der Waals surface area (Å²) < 4.78 is 34.0. The van der Waals surface area contributed by atoms with E-state index in [-0.39, 0.29) is 0 Å². The Hall–Kier alpha value is -1.20. The third-order valence-corrected chi connectivity index (χ3v) is 1.08. The van der Waals surface area contributed by atoms with Crippen LogP contribution in [0.25, 0.3) is 0 Å². The SMILES string of the molecule is N#Cc1ccc([NH3+])cc1.[O-][Cl+3]([O-])([O-])[O-]. The highest BCUT2D eigenvalue weighted by Crippen LogP contribution is 2.00. The molecule has 3 N–H and O–H groups in total. The molecule has 1 aromatic carbocycles. The van der Waals surface area contributed by atoms with Crippen molar-refractivity contribution in [1.29, 1.82) is 5.26 Å². The van der Waals surface area contributed by atoms with Gasteiger partial charge in [-0.05, 0) is 12.1 Å². The van der Waals surface area contributed by atoms with Crippen LogP contribution >= 0.6 is 0 Å². The highest BCUT2D eigenvalue weighted by molar-refractivity contribution is 5.36. The second-order valence-corrected chi connectivity index (χ2v) is 2.94. The largest absolute Gasteiger partial charge is 0.325 e. The van der Waals surface area contributed by atoms with Gasteiger partial charge in [0, 0.05) is 12.1 Å². The van der Waals surface area contributed by atoms with Gasteiger partial charge in [-0.1, -0.05) is 0 Å². The molecular formula is C7H7ClN2O4. The van der Waals surface area contributed by atoms with Crippen molar-refractivity contribution in [3.63, 3.8) is 0 Å². The molecule has 0 aliphatic rings. The van der Waals surface area contributed by atoms with Gasteiger partial charge in [-0.25, -0.2) is 18.6 Å². The van der Waals surface area contributed by atoms with Crippen LogP contribution in [-0.2, 0) is 0 Å². The van der Waals surface area contributed by atoms with E-state index in [0.29, 0.717) is 5.56 Å². The molecule has 0 saturated heterocycles. The van der Waals surface area contributed by atoms with Crippen LogP contribution in [-0.4, -0.2) is 0 Å². The van der Waals surface area contributed by atoms with Gasteiger partial charge in [0.05, 0.1) is 11.6 Å². The maximum Gasteiger partial charge on any atom is 0.128 e. The number of benzene rings is 1. The molecule has 0 unspecified atom stereocenters. The Kier molecular flexibility index (Phi) is 5.04. The fourth-order valence-corrected chi connectivity index (χ4v) is 0.579. The highest BCUT2D eigenvalue weighted by Gasteiger charge is 1.88. The van der Waals surface area contributed by atoms with Gasteiger partial charge in [0.1, 0.15) is 5.69 Å². The van der Waals surface area contributed by atoms with Crippen LogP contribution in [0.5, 0.6) is 0 Å². The third-order valence-electron chi connectivity index (χ3n) is 1.08. The Bertz CT molecular complexity index is 308. The van der Waals surface area contributed by atoms with Crippen LogP contribution in [0.15, 0.2) is 24.3 Å². The Morgan fingerprint density at radius 2 is 1.43 bits per heavy atom. The van der Waals surface area contributed by atoms with Gasteiger partial charge >= 0.3 is 0 Å². The predicted octanol–water partition coefficient (Wildman–Crippen LogP) is -4.32. The Morgan fingerprint density at radius 3 is 1.71 bits per heavy atom. The molecule has 0 heterocycles. The van der Waals surface area contributed by atoms with Gasteiger partial charge in [-0.2, -0.15) is 5.26 Å². The summed E-state index contributed by atoms with van der Waals surface area (Å²) in [5.41, 5.74) is 5.31. The minimum absolute atomic E-state index is 0.683. The molecule has 6 nitrogen and oxygen atoms in total. The van der Waals surface area contributed by atoms with Crippen molar-refractivity contribution in [1.82, 2.24) is 0 Å². The molecule has 7 heteroatoms. The Labute approximate surface area is 82.2 Å². The van der Waals surface area contributed by atoms with E-state index in [2.05, 4.69) is 5.73 Å². The lowest BCUT2D eigenvalue weighted by Gasteiger charge is -2.17. The van der Waals surface area contributed by atoms with Crippen LogP contribution in [0, 0.1) is 21.6 Å². The number of rotatable bonds is 0. The summed E-state index contributed by atoms with van der Waals surface area (Å²) in [6.45, 7) is 0. The van der Waals surface area contributed by atoms with Gasteiger partial charge in [0.2, 0.25) is 0 Å². The number of nitriles is 1. The smallest absolute Gasteiger partial charge is 0.128 e. The molecule has 0 aromatic heterocycles. The van der Waals surface area contributed by atoms with Crippen molar-refractivity contribution in [2.75, 3.05) is 0 Å². The lowest BCUT2D eigenvalue weighted by molar-refractivity contribution is -2.00. The van der Waals surface area contributed by atoms with E-state index in [4.69, 9.17) is 23.9 Å². The van der Waals surface area contributed by atoms with E-state index in [1.54, 1.807) is 12.1 Å². The van der Waals surface area contributed by atoms with Gasteiger partial charge in [0.25, 0.3) is 0 Å². The first-order valence-corrected chi connectivity index (χ1v) is 4.50. The standard InChI is InChI=1S/C7H6N2.ClHO4/c8-5-6-1-3-7(9)4-2-6;2-1(3,4)5/h1-4H,9H2;(H,2,3,4,5). The summed E-state index contributed by atoms with van der Waals surface area (Å²) in [5, 5.41) is 8.36. The van der Waals surface area contributed by atoms with E-state index < -0.39 is 10.2 Å². The second-order valence-electron chi connectivity index (χ2n) is 2.19. The number of nitrogens with zero attached hydrogens (tertiary/aromatic N) is 1. The number of quaternary nitrogens is 1. The Balaban J connectivity index is 0.000000292. The lowest BCUT2D eigenvalue weighted by atomic mass is 10.2. The maximum atomic E-state index is 8.49. The van der Waals surface area contributed by atoms with Gasteiger partial charge in [-0.3, -0.25) is 0 Å². The van der Waals surface area contributed by atoms with E-state index in [9.17, 15) is 0 Å². The minimum atomic E-state index is -4.94. The Morgan fingerprint density at radius 1 is 1.07 bits per heavy atom. The number of hydrogen-bond acceptors (Lipinski definition) is 5. The quantitative estimate of drug-likeness (QED) is 0.468. The van der Waals surface area contributed by atoms with Crippen LogP contribution in [0.3, 0.4) is 0 Å². The molecule has 1 aromatic rings. The second kappa shape index (κ2) is 5.51. The van der Waals surface area contributed by atoms with Crippen molar-refractivity contribution in [2.45, 2.75) is 0 Å². The predicted molar refractivity (Wildman–Crippen MR) is 33.7 cm³/mol. The molecular weight excluding hydrogens is 212 g/mol. The summed E-state index contributed by atoms with van der Waals surface area (Å²) in [4.78, 5) is 0. The van der Waals surface area contributed by atoms with Gasteiger partial charge in [-0.15, -0.1) is 10.2 Å². The fraction of sp³-hybridized carbons (Fsp3) is 0. The van der Waals surface area contributed by atoms with Crippen LogP contribution in [0.2, 0.25) is 0 Å². The zero-order valence-corrected chi connectivity index (χ0v) is 7.73. The maximum absolute atomic E-state index is 8.49. The average molecular weight is 219 g/mol. The summed E-state index contributed by atoms with van der Waals surface area (Å²) in [5.74, 6) is 0. The van der Waals surface area contributed by atoms with Crippen molar-refractivity contribution >= 4 is 5.69 Å². The van der Waals surface area contributed by atoms with E-state index in [0.717, 1.165) is 5.69 Å². The van der Waals surface area contributed by atoms with Crippen LogP contribution in [0.4, 0.5) is 5.69 Å². The number of hydrogen-bond donors (Lipinski definition) is 1. The molecule has 76 valence electrons. The first-order chi connectivity index (χ1) is 6.33. The molecule has 0 fully saturated rings. The first-order valence-electron chi connectivity index (χ1n) is 3.27. The molecule has 0 saturated carbocycles. The fourth-order valence-electron chi connectivity index (χ4n) is 0.579. The molecule has 0 aliphatic carbocycles. The lowest BCUT2D eigenvalue weighted by Crippen LogP contribution is -2.68. The topological polar surface area (TPSA) is 144 Å². The van der Waals surface area contributed by atoms with Crippen molar-refractivity contribution < 1.29 is 34.6 Å². The molecule has 14 heavy (non-hydrogen) atoms. The van der Waals surface area contributed by atoms with E-state index in [1.165, 1.54) is 0 Å². The summed E-state index contributed by atoms with van der Waals surface area (Å²) in [6.07, 6.45) is 0. The molecule has 0 atom stereocenters. The summed E-state index contributed by atoms with van der Waals surface area (Å²) in [7, 11) is -4.94. The molecule has 0 spiro atoms. The summed E-state index contributed by atoms with van der Waals surface area (Å²) >= 11 is 0. The van der Waals surface area contributed by atoms with Crippen molar-refractivity contribution in [3.05, 3.63) is 29.8 Å². The normalized spacial score (nSPS) is 9.71. The highest BCUT2D eigenvalue weighted by atomic mass is 35.7. The van der Waals surface area contributed by atoms with Gasteiger partial charge in [0.15, 0.2) is 0 Å². The summed E-state index contributed by atoms with van der Waals surface area (Å²) in [6, 6.07) is 9.17. The van der Waals surface area contributed by atoms with Gasteiger partial charge < -0.3 is 5.73 Å². The zero-order valence-electron chi connectivity index (χ0n) is 6.97. The number of halogens is 1. The van der Waals surface area contributed by atoms with Crippen molar-refractivity contribution in [3.8, 4) is 6.07 Å². The van der Waals surface area contributed by atoms with Crippen LogP contribution in [0.1, 0.15) is 5.56 Å². The van der Waals surface area contributed by atoms with E-state index in [1.807, 2.05) is 18.2 Å². The minimum Gasteiger partial charge on any atom is -0.325 e. The monoisotopic (exact) mass is 218 g/mol.